The highest BCUT2D eigenvalue weighted by molar-refractivity contribution is 6.30. The minimum absolute atomic E-state index is 0.0258. The van der Waals surface area contributed by atoms with Gasteiger partial charge in [-0.15, -0.1) is 0 Å². The monoisotopic (exact) mass is 216 g/mol. The van der Waals surface area contributed by atoms with Crippen LogP contribution in [0.15, 0.2) is 12.1 Å². The summed E-state index contributed by atoms with van der Waals surface area (Å²) in [7, 11) is 0. The van der Waals surface area contributed by atoms with Gasteiger partial charge in [-0.05, 0) is 18.9 Å². The minimum atomic E-state index is -0.653. The Balaban J connectivity index is 2.53. The summed E-state index contributed by atoms with van der Waals surface area (Å²) in [4.78, 5) is 0. The van der Waals surface area contributed by atoms with Crippen LogP contribution in [-0.2, 0) is 0 Å². The summed E-state index contributed by atoms with van der Waals surface area (Å²) in [6, 6.07) is 3.05. The van der Waals surface area contributed by atoms with Crippen LogP contribution in [0.1, 0.15) is 24.5 Å². The lowest BCUT2D eigenvalue weighted by molar-refractivity contribution is 0.167. The van der Waals surface area contributed by atoms with Gasteiger partial charge in [0.1, 0.15) is 0 Å². The molecule has 0 aliphatic carbocycles. The van der Waals surface area contributed by atoms with E-state index in [-0.39, 0.29) is 10.8 Å². The van der Waals surface area contributed by atoms with E-state index in [0.717, 1.165) is 0 Å². The van der Waals surface area contributed by atoms with Crippen molar-refractivity contribution in [1.82, 2.24) is 0 Å². The molecule has 1 aromatic carbocycles. The SMILES string of the molecule is O[C@@H]1CCCOc2c1ccc(Cl)c2F. The van der Waals surface area contributed by atoms with Gasteiger partial charge in [0.2, 0.25) is 0 Å². The second-order valence-electron chi connectivity index (χ2n) is 3.29. The maximum Gasteiger partial charge on any atom is 0.183 e. The predicted octanol–water partition coefficient (Wildman–Crippen LogP) is 2.69. The number of hydrogen-bond acceptors (Lipinski definition) is 2. The highest BCUT2D eigenvalue weighted by Gasteiger charge is 2.22. The number of aliphatic hydroxyl groups excluding tert-OH is 1. The van der Waals surface area contributed by atoms with E-state index in [9.17, 15) is 9.50 Å². The number of rotatable bonds is 0. The first-order valence-corrected chi connectivity index (χ1v) is 4.86. The van der Waals surface area contributed by atoms with Gasteiger partial charge in [0.25, 0.3) is 0 Å². The number of benzene rings is 1. The highest BCUT2D eigenvalue weighted by Crippen LogP contribution is 2.36. The summed E-state index contributed by atoms with van der Waals surface area (Å²) >= 11 is 5.61. The van der Waals surface area contributed by atoms with Crippen LogP contribution in [-0.4, -0.2) is 11.7 Å². The summed E-state index contributed by atoms with van der Waals surface area (Å²) in [5.41, 5.74) is 0.490. The number of aliphatic hydroxyl groups is 1. The Kier molecular flexibility index (Phi) is 2.61. The highest BCUT2D eigenvalue weighted by atomic mass is 35.5. The standard InChI is InChI=1S/C10H10ClFO2/c11-7-4-3-6-8(13)2-1-5-14-10(6)9(7)12/h3-4,8,13H,1-2,5H2/t8-/m1/s1. The largest absolute Gasteiger partial charge is 0.490 e. The molecule has 1 heterocycles. The average molecular weight is 217 g/mol. The van der Waals surface area contributed by atoms with Gasteiger partial charge in [-0.2, -0.15) is 0 Å². The van der Waals surface area contributed by atoms with E-state index in [1.54, 1.807) is 6.07 Å². The van der Waals surface area contributed by atoms with Crippen LogP contribution in [0, 0.1) is 5.82 Å². The molecule has 1 atom stereocenters. The molecule has 0 radical (unpaired) electrons. The smallest absolute Gasteiger partial charge is 0.183 e. The average Bonchev–Trinajstić information content (AvgIpc) is 2.35. The normalized spacial score (nSPS) is 20.9. The van der Waals surface area contributed by atoms with Crippen molar-refractivity contribution in [3.8, 4) is 5.75 Å². The molecule has 0 bridgehead atoms. The Morgan fingerprint density at radius 1 is 1.50 bits per heavy atom. The van der Waals surface area contributed by atoms with Gasteiger partial charge < -0.3 is 9.84 Å². The summed E-state index contributed by atoms with van der Waals surface area (Å²) in [5, 5.41) is 9.69. The molecule has 2 rings (SSSR count). The quantitative estimate of drug-likeness (QED) is 0.723. The molecule has 0 fully saturated rings. The molecule has 0 spiro atoms. The van der Waals surface area contributed by atoms with Gasteiger partial charge in [0, 0.05) is 5.56 Å². The summed E-state index contributed by atoms with van der Waals surface area (Å²) < 4.78 is 18.7. The molecule has 14 heavy (non-hydrogen) atoms. The van der Waals surface area contributed by atoms with Crippen LogP contribution >= 0.6 is 11.6 Å². The van der Waals surface area contributed by atoms with E-state index in [2.05, 4.69) is 0 Å². The first-order chi connectivity index (χ1) is 6.70. The molecule has 1 aromatic rings. The maximum absolute atomic E-state index is 13.5. The summed E-state index contributed by atoms with van der Waals surface area (Å²) in [6.07, 6.45) is 0.653. The van der Waals surface area contributed by atoms with Crippen LogP contribution in [0.3, 0.4) is 0 Å². The van der Waals surface area contributed by atoms with Crippen molar-refractivity contribution in [3.63, 3.8) is 0 Å². The Hall–Kier alpha value is -0.800. The van der Waals surface area contributed by atoms with Crippen molar-refractivity contribution in [1.29, 1.82) is 0 Å². The fourth-order valence-corrected chi connectivity index (χ4v) is 1.71. The Morgan fingerprint density at radius 2 is 2.29 bits per heavy atom. The number of halogens is 2. The zero-order chi connectivity index (χ0) is 10.1. The van der Waals surface area contributed by atoms with Gasteiger partial charge in [0.15, 0.2) is 11.6 Å². The lowest BCUT2D eigenvalue weighted by Crippen LogP contribution is -1.99. The zero-order valence-corrected chi connectivity index (χ0v) is 8.22. The third-order valence-electron chi connectivity index (χ3n) is 2.31. The van der Waals surface area contributed by atoms with Gasteiger partial charge in [0.05, 0.1) is 17.7 Å². The van der Waals surface area contributed by atoms with Crippen molar-refractivity contribution < 1.29 is 14.2 Å². The van der Waals surface area contributed by atoms with Crippen molar-refractivity contribution >= 4 is 11.6 Å². The second-order valence-corrected chi connectivity index (χ2v) is 3.69. The van der Waals surface area contributed by atoms with E-state index in [1.807, 2.05) is 0 Å². The fraction of sp³-hybridized carbons (Fsp3) is 0.400. The summed E-state index contributed by atoms with van der Waals surface area (Å²) in [6.45, 7) is 0.418. The molecule has 0 saturated heterocycles. The maximum atomic E-state index is 13.5. The summed E-state index contributed by atoms with van der Waals surface area (Å²) in [5.74, 6) is -0.479. The number of fused-ring (bicyclic) bond motifs is 1. The molecular weight excluding hydrogens is 207 g/mol. The van der Waals surface area contributed by atoms with E-state index in [0.29, 0.717) is 25.0 Å². The van der Waals surface area contributed by atoms with Crippen LogP contribution in [0.4, 0.5) is 4.39 Å². The van der Waals surface area contributed by atoms with Gasteiger partial charge in [-0.1, -0.05) is 17.7 Å². The van der Waals surface area contributed by atoms with Crippen LogP contribution < -0.4 is 4.74 Å². The second kappa shape index (κ2) is 3.75. The number of hydrogen-bond donors (Lipinski definition) is 1. The molecule has 4 heteroatoms. The zero-order valence-electron chi connectivity index (χ0n) is 7.46. The van der Waals surface area contributed by atoms with E-state index in [1.165, 1.54) is 6.07 Å². The third-order valence-corrected chi connectivity index (χ3v) is 2.60. The van der Waals surface area contributed by atoms with Crippen LogP contribution in [0.25, 0.3) is 0 Å². The minimum Gasteiger partial charge on any atom is -0.490 e. The lowest BCUT2D eigenvalue weighted by atomic mass is 10.1. The van der Waals surface area contributed by atoms with Crippen molar-refractivity contribution in [3.05, 3.63) is 28.5 Å². The molecule has 76 valence electrons. The third kappa shape index (κ3) is 1.57. The van der Waals surface area contributed by atoms with Gasteiger partial charge in [-0.25, -0.2) is 4.39 Å². The van der Waals surface area contributed by atoms with Crippen molar-refractivity contribution in [2.24, 2.45) is 0 Å². The molecular formula is C10H10ClFO2. The van der Waals surface area contributed by atoms with E-state index < -0.39 is 11.9 Å². The topological polar surface area (TPSA) is 29.5 Å². The molecule has 1 aliphatic rings. The van der Waals surface area contributed by atoms with Gasteiger partial charge >= 0.3 is 0 Å². The molecule has 0 aromatic heterocycles. The van der Waals surface area contributed by atoms with Crippen molar-refractivity contribution in [2.75, 3.05) is 6.61 Å². The molecule has 1 N–H and O–H groups in total. The molecule has 2 nitrogen and oxygen atoms in total. The van der Waals surface area contributed by atoms with Crippen LogP contribution in [0.2, 0.25) is 5.02 Å². The first kappa shape index (κ1) is 9.74. The Bertz CT molecular complexity index is 354. The van der Waals surface area contributed by atoms with Gasteiger partial charge in [-0.3, -0.25) is 0 Å². The molecule has 0 unspecified atom stereocenters. The molecule has 1 aliphatic heterocycles. The Labute approximate surface area is 86.3 Å². The van der Waals surface area contributed by atoms with E-state index in [4.69, 9.17) is 16.3 Å². The van der Waals surface area contributed by atoms with Crippen molar-refractivity contribution in [2.45, 2.75) is 18.9 Å². The lowest BCUT2D eigenvalue weighted by Gasteiger charge is -2.11. The Morgan fingerprint density at radius 3 is 3.07 bits per heavy atom. The fourth-order valence-electron chi connectivity index (χ4n) is 1.56. The predicted molar refractivity (Wildman–Crippen MR) is 51.1 cm³/mol. The molecule has 0 saturated carbocycles. The molecule has 0 amide bonds. The van der Waals surface area contributed by atoms with Crippen LogP contribution in [0.5, 0.6) is 5.75 Å². The van der Waals surface area contributed by atoms with E-state index >= 15 is 0 Å². The number of ether oxygens (including phenoxy) is 1. The first-order valence-electron chi connectivity index (χ1n) is 4.49.